The topological polar surface area (TPSA) is 248 Å². The summed E-state index contributed by atoms with van der Waals surface area (Å²) in [6.07, 6.45) is -0.470. The minimum absolute atomic E-state index is 0.0576. The second-order valence-corrected chi connectivity index (χ2v) is 25.3. The van der Waals surface area contributed by atoms with Gasteiger partial charge in [0.15, 0.2) is 11.5 Å². The highest BCUT2D eigenvalue weighted by atomic mass is 32.1. The monoisotopic (exact) mass is 1360 g/mol. The van der Waals surface area contributed by atoms with E-state index in [2.05, 4.69) is 60.2 Å². The van der Waals surface area contributed by atoms with Crippen LogP contribution in [0.2, 0.25) is 0 Å². The number of methoxy groups -OCH3 is 2. The molecule has 478 valence electrons. The zero-order valence-electron chi connectivity index (χ0n) is 52.8. The quantitative estimate of drug-likeness (QED) is 0.0535. The number of ketones is 1. The van der Waals surface area contributed by atoms with Gasteiger partial charge in [-0.3, -0.25) is 14.9 Å². The van der Waals surface area contributed by atoms with E-state index in [9.17, 15) is 24.0 Å². The molecule has 0 aliphatic heterocycles. The lowest BCUT2D eigenvalue weighted by atomic mass is 10.1. The Balaban J connectivity index is 0.000000160. The first-order valence-electron chi connectivity index (χ1n) is 28.5. The van der Waals surface area contributed by atoms with E-state index in [4.69, 9.17) is 12.3 Å². The Morgan fingerprint density at radius 2 is 0.649 bits per heavy atom. The molecule has 0 aliphatic carbocycles. The van der Waals surface area contributed by atoms with E-state index in [0.717, 1.165) is 109 Å². The number of aryl methyl sites for hydroxylation is 6. The Bertz CT molecular complexity index is 4380. The summed E-state index contributed by atoms with van der Waals surface area (Å²) in [6.45, 7) is 21.7. The second-order valence-electron chi connectivity index (χ2n) is 20.1. The number of hydrogen-bond donors (Lipinski definition) is 4. The maximum Gasteiger partial charge on any atom is 0.411 e. The lowest BCUT2D eigenvalue weighted by Gasteiger charge is -2.03. The van der Waals surface area contributed by atoms with Gasteiger partial charge in [0.2, 0.25) is 5.91 Å². The number of nitrogens with two attached hydrogens (primary N) is 1. The van der Waals surface area contributed by atoms with Crippen LogP contribution in [-0.2, 0) is 14.3 Å². The number of nitrogens with one attached hydrogen (secondary N) is 3. The molecule has 12 aromatic rings. The Morgan fingerprint density at radius 3 is 0.883 bits per heavy atom. The third-order valence-electron chi connectivity index (χ3n) is 12.5. The molecule has 0 bridgehead atoms. The zero-order chi connectivity index (χ0) is 67.7. The molecule has 24 heteroatoms. The molecule has 0 saturated heterocycles. The van der Waals surface area contributed by atoms with Gasteiger partial charge in [0.1, 0.15) is 30.0 Å². The van der Waals surface area contributed by atoms with Crippen molar-refractivity contribution >= 4 is 121 Å². The molecular formula is C70H65N11O7S6. The van der Waals surface area contributed by atoms with E-state index >= 15 is 0 Å². The molecule has 5 N–H and O–H groups in total. The summed E-state index contributed by atoms with van der Waals surface area (Å²) in [4.78, 5) is 84.5. The SMILES string of the molecule is CC(=O)Nc1ccc(-c2nc(C)cs2)cc1.CC(=O)c1ccc(-c2nc(C)cs2)cc1.COC(=O)Nc1ccc(-c2nc(C)cs2)cc1.COC(=O)c1ccc(-c2nc(C)cs2)cc1.Cc1csc(-c2ccc(NC(N)=O)cc2)n1.[C-]#[N+]c1ccc(-c2nc(C)cs2)cc1. The number of hydrogen-bond acceptors (Lipinski definition) is 19. The molecule has 0 spiro atoms. The number of esters is 1. The summed E-state index contributed by atoms with van der Waals surface area (Å²) < 4.78 is 9.15. The number of anilines is 3. The molecule has 6 aromatic carbocycles. The number of primary amides is 1. The van der Waals surface area contributed by atoms with Crippen molar-refractivity contribution in [2.45, 2.75) is 55.4 Å². The number of urea groups is 1. The molecule has 0 atom stereocenters. The average Bonchev–Trinajstić information content (AvgIpc) is 1.98. The Kier molecular flexibility index (Phi) is 26.9. The van der Waals surface area contributed by atoms with Crippen LogP contribution in [0.25, 0.3) is 68.3 Å². The van der Waals surface area contributed by atoms with E-state index in [-0.39, 0.29) is 17.7 Å². The molecule has 0 saturated carbocycles. The molecule has 4 amide bonds. The summed E-state index contributed by atoms with van der Waals surface area (Å²) in [6, 6.07) is 44.4. The van der Waals surface area contributed by atoms with Crippen LogP contribution in [-0.4, -0.2) is 73.9 Å². The summed E-state index contributed by atoms with van der Waals surface area (Å²) in [5, 5.41) is 25.9. The van der Waals surface area contributed by atoms with Gasteiger partial charge in [-0.15, -0.1) is 68.0 Å². The van der Waals surface area contributed by atoms with E-state index < -0.39 is 12.1 Å². The van der Waals surface area contributed by atoms with Gasteiger partial charge in [-0.1, -0.05) is 60.7 Å². The molecule has 0 unspecified atom stereocenters. The summed E-state index contributed by atoms with van der Waals surface area (Å²) in [5.41, 5.74) is 21.6. The summed E-state index contributed by atoms with van der Waals surface area (Å²) in [7, 11) is 2.71. The first kappa shape index (κ1) is 71.2. The van der Waals surface area contributed by atoms with Crippen molar-refractivity contribution in [1.82, 2.24) is 29.9 Å². The van der Waals surface area contributed by atoms with E-state index in [1.165, 1.54) is 21.1 Å². The van der Waals surface area contributed by atoms with Gasteiger partial charge < -0.3 is 25.8 Å². The number of nitrogens with zero attached hydrogens (tertiary/aromatic N) is 7. The van der Waals surface area contributed by atoms with Crippen molar-refractivity contribution in [3.05, 3.63) is 235 Å². The first-order valence-corrected chi connectivity index (χ1v) is 33.7. The van der Waals surface area contributed by atoms with Gasteiger partial charge in [-0.05, 0) is 133 Å². The predicted molar refractivity (Wildman–Crippen MR) is 385 cm³/mol. The van der Waals surface area contributed by atoms with E-state index in [1.807, 2.05) is 195 Å². The molecule has 6 aromatic heterocycles. The maximum atomic E-state index is 11.2. The van der Waals surface area contributed by atoms with Crippen LogP contribution in [0, 0.1) is 48.1 Å². The number of rotatable bonds is 11. The van der Waals surface area contributed by atoms with Crippen LogP contribution in [0.3, 0.4) is 0 Å². The van der Waals surface area contributed by atoms with Crippen LogP contribution in [0.1, 0.15) is 68.7 Å². The first-order chi connectivity index (χ1) is 45.1. The molecule has 12 rings (SSSR count). The van der Waals surface area contributed by atoms with Crippen molar-refractivity contribution < 1.29 is 33.4 Å². The summed E-state index contributed by atoms with van der Waals surface area (Å²) >= 11 is 9.67. The fourth-order valence-electron chi connectivity index (χ4n) is 7.91. The molecule has 0 radical (unpaired) electrons. The van der Waals surface area contributed by atoms with Crippen LogP contribution in [0.15, 0.2) is 178 Å². The van der Waals surface area contributed by atoms with E-state index in [1.54, 1.807) is 99.2 Å². The lowest BCUT2D eigenvalue weighted by Crippen LogP contribution is -2.19. The highest BCUT2D eigenvalue weighted by molar-refractivity contribution is 7.14. The maximum absolute atomic E-state index is 11.2. The Hall–Kier alpha value is -10.3. The minimum atomic E-state index is -0.558. The van der Waals surface area contributed by atoms with Gasteiger partial charge in [0.05, 0.1) is 26.4 Å². The fraction of sp³-hybridized carbons (Fsp3) is 0.143. The minimum Gasteiger partial charge on any atom is -0.465 e. The number of amides is 4. The number of Topliss-reactive ketones (excluding diaryl/α,β-unsaturated/α-hetero) is 1. The standard InChI is InChI=1S/C12H12N2O2S.C12H12N2OS.C12H11NO2S.C12H11NOS.C11H11N3OS.C11H8N2S/c1-8-7-17-11(13-8)9-3-5-10(6-4-9)14-12(15)16-2;1-8-7-16-12(13-8)10-3-5-11(6-4-10)14-9(2)15;1-8-7-16-11(13-8)9-3-5-10(6-4-9)12(14)15-2;1-8-7-15-12(13-8)11-5-3-10(4-6-11)9(2)14;1-7-6-16-10(13-7)8-2-4-9(5-3-8)14-11(12)15;1-8-7-14-11(13-8)9-3-5-10(12-2)6-4-9/h3-7H,1-2H3,(H,14,15);3-7H,1-2H3,(H,14,15);3-7H,1-2H3;3-7H,1-2H3;2-6H,1H3,(H3,12,14,15);3-7H,1H3. The van der Waals surface area contributed by atoms with Crippen LogP contribution < -0.4 is 21.7 Å². The van der Waals surface area contributed by atoms with Crippen LogP contribution in [0.4, 0.5) is 32.3 Å². The molecule has 94 heavy (non-hydrogen) atoms. The van der Waals surface area contributed by atoms with Gasteiger partial charge in [0.25, 0.3) is 0 Å². The molecular weight excluding hydrogens is 1300 g/mol. The van der Waals surface area contributed by atoms with Gasteiger partial charge >= 0.3 is 18.1 Å². The number of ether oxygens (including phenoxy) is 2. The highest BCUT2D eigenvalue weighted by Gasteiger charge is 2.10. The number of aromatic nitrogens is 6. The summed E-state index contributed by atoms with van der Waals surface area (Å²) in [5.74, 6) is -0.281. The average molecular weight is 1360 g/mol. The van der Waals surface area contributed by atoms with Gasteiger partial charge in [-0.2, -0.15) is 0 Å². The van der Waals surface area contributed by atoms with Crippen molar-refractivity contribution in [2.24, 2.45) is 5.73 Å². The smallest absolute Gasteiger partial charge is 0.411 e. The third-order valence-corrected chi connectivity index (χ3v) is 18.5. The number of benzene rings is 6. The normalized spacial score (nSPS) is 10.1. The van der Waals surface area contributed by atoms with Gasteiger partial charge in [0, 0.05) is 129 Å². The Morgan fingerprint density at radius 1 is 0.383 bits per heavy atom. The molecule has 0 fully saturated rings. The molecule has 6 heterocycles. The molecule has 18 nitrogen and oxygen atoms in total. The van der Waals surface area contributed by atoms with Crippen molar-refractivity contribution in [1.29, 1.82) is 0 Å². The second kappa shape index (κ2) is 35.5. The Labute approximate surface area is 569 Å². The van der Waals surface area contributed by atoms with Crippen molar-refractivity contribution in [3.8, 4) is 63.4 Å². The lowest BCUT2D eigenvalue weighted by molar-refractivity contribution is -0.114. The number of thiazole rings is 6. The van der Waals surface area contributed by atoms with Crippen LogP contribution >= 0.6 is 68.0 Å². The fourth-order valence-corrected chi connectivity index (χ4v) is 12.7. The third kappa shape index (κ3) is 22.5. The van der Waals surface area contributed by atoms with E-state index in [0.29, 0.717) is 22.6 Å². The highest BCUT2D eigenvalue weighted by Crippen LogP contribution is 2.30. The number of carbonyl (C=O) groups excluding carboxylic acids is 5. The molecule has 0 aliphatic rings. The largest absolute Gasteiger partial charge is 0.465 e. The number of carbonyl (C=O) groups is 5. The van der Waals surface area contributed by atoms with Crippen molar-refractivity contribution in [2.75, 3.05) is 30.2 Å². The predicted octanol–water partition coefficient (Wildman–Crippen LogP) is 18.9. The van der Waals surface area contributed by atoms with Crippen LogP contribution in [0.5, 0.6) is 0 Å². The zero-order valence-corrected chi connectivity index (χ0v) is 57.7. The van der Waals surface area contributed by atoms with Gasteiger partial charge in [-0.25, -0.2) is 49.1 Å². The van der Waals surface area contributed by atoms with Crippen molar-refractivity contribution in [3.63, 3.8) is 0 Å².